The summed E-state index contributed by atoms with van der Waals surface area (Å²) in [4.78, 5) is 11.1. The number of aryl methyl sites for hydroxylation is 1. The number of rotatable bonds is 4. The minimum atomic E-state index is -1.09. The van der Waals surface area contributed by atoms with Crippen molar-refractivity contribution in [2.75, 3.05) is 12.3 Å². The average molecular weight is 261 g/mol. The molecule has 0 atom stereocenters. The third kappa shape index (κ3) is 2.37. The molecule has 0 radical (unpaired) electrons. The van der Waals surface area contributed by atoms with E-state index in [-0.39, 0.29) is 11.5 Å². The second kappa shape index (κ2) is 5.01. The Morgan fingerprint density at radius 2 is 2.26 bits per heavy atom. The number of carboxylic acid groups (broad SMARTS) is 1. The average Bonchev–Trinajstić information content (AvgIpc) is 2.74. The largest absolute Gasteiger partial charge is 0.494 e. The van der Waals surface area contributed by atoms with Crippen molar-refractivity contribution in [1.29, 1.82) is 0 Å². The zero-order chi connectivity index (χ0) is 14.0. The molecular weight excluding hydrogens is 246 g/mol. The summed E-state index contributed by atoms with van der Waals surface area (Å²) in [7, 11) is 0. The Bertz CT molecular complexity index is 620. The van der Waals surface area contributed by atoms with Crippen LogP contribution in [0.5, 0.6) is 5.75 Å². The minimum absolute atomic E-state index is 0.0129. The van der Waals surface area contributed by atoms with Crippen LogP contribution in [0.1, 0.15) is 23.0 Å². The van der Waals surface area contributed by atoms with Crippen molar-refractivity contribution in [2.24, 2.45) is 0 Å². The number of carbonyl (C=O) groups is 1. The number of aromatic carboxylic acids is 1. The fraction of sp³-hybridized carbons (Fsp3) is 0.231. The van der Waals surface area contributed by atoms with Gasteiger partial charge in [-0.3, -0.25) is 5.10 Å². The number of nitrogens with zero attached hydrogens (tertiary/aromatic N) is 1. The summed E-state index contributed by atoms with van der Waals surface area (Å²) in [6.07, 6.45) is 0. The van der Waals surface area contributed by atoms with Gasteiger partial charge >= 0.3 is 5.97 Å². The van der Waals surface area contributed by atoms with E-state index in [4.69, 9.17) is 15.6 Å². The predicted molar refractivity (Wildman–Crippen MR) is 71.3 cm³/mol. The van der Waals surface area contributed by atoms with E-state index in [1.165, 1.54) is 0 Å². The van der Waals surface area contributed by atoms with Gasteiger partial charge in [0.2, 0.25) is 0 Å². The number of nitrogens with two attached hydrogens (primary N) is 1. The Labute approximate surface area is 110 Å². The van der Waals surface area contributed by atoms with Crippen LogP contribution >= 0.6 is 0 Å². The first-order valence-corrected chi connectivity index (χ1v) is 5.85. The number of carboxylic acids is 1. The minimum Gasteiger partial charge on any atom is -0.494 e. The smallest absolute Gasteiger partial charge is 0.354 e. The highest BCUT2D eigenvalue weighted by Gasteiger charge is 2.19. The van der Waals surface area contributed by atoms with Gasteiger partial charge < -0.3 is 15.6 Å². The lowest BCUT2D eigenvalue weighted by molar-refractivity contribution is 0.0691. The molecule has 1 aromatic carbocycles. The number of benzene rings is 1. The Hall–Kier alpha value is -2.50. The normalized spacial score (nSPS) is 10.4. The van der Waals surface area contributed by atoms with Crippen LogP contribution in [0.3, 0.4) is 0 Å². The van der Waals surface area contributed by atoms with Crippen LogP contribution < -0.4 is 10.5 Å². The van der Waals surface area contributed by atoms with Crippen molar-refractivity contribution in [3.8, 4) is 16.9 Å². The van der Waals surface area contributed by atoms with Gasteiger partial charge in [0.1, 0.15) is 5.75 Å². The second-order valence-corrected chi connectivity index (χ2v) is 4.08. The number of aromatic nitrogens is 2. The quantitative estimate of drug-likeness (QED) is 0.782. The van der Waals surface area contributed by atoms with Gasteiger partial charge in [-0.1, -0.05) is 6.07 Å². The molecular formula is C13H15N3O3. The molecule has 4 N–H and O–H groups in total. The first kappa shape index (κ1) is 12.9. The molecule has 0 bridgehead atoms. The SMILES string of the molecule is CCOc1ccc(-c2c(N)n[nH]c2C(=O)O)cc1C. The lowest BCUT2D eigenvalue weighted by atomic mass is 10.0. The molecule has 0 unspecified atom stereocenters. The molecule has 0 saturated heterocycles. The first-order chi connectivity index (χ1) is 9.04. The maximum absolute atomic E-state index is 11.1. The zero-order valence-corrected chi connectivity index (χ0v) is 10.7. The molecule has 0 amide bonds. The zero-order valence-electron chi connectivity index (χ0n) is 10.7. The van der Waals surface area contributed by atoms with Crippen molar-refractivity contribution in [2.45, 2.75) is 13.8 Å². The van der Waals surface area contributed by atoms with Crippen LogP contribution in [-0.2, 0) is 0 Å². The molecule has 2 aromatic rings. The van der Waals surface area contributed by atoms with Gasteiger partial charge in [0.25, 0.3) is 0 Å². The molecule has 2 rings (SSSR count). The van der Waals surface area contributed by atoms with Crippen LogP contribution in [0.25, 0.3) is 11.1 Å². The van der Waals surface area contributed by atoms with E-state index in [1.807, 2.05) is 19.9 Å². The van der Waals surface area contributed by atoms with Gasteiger partial charge in [-0.2, -0.15) is 5.10 Å². The van der Waals surface area contributed by atoms with Crippen LogP contribution in [0, 0.1) is 6.92 Å². The summed E-state index contributed by atoms with van der Waals surface area (Å²) in [5, 5.41) is 15.3. The standard InChI is InChI=1S/C13H15N3O3/c1-3-19-9-5-4-8(6-7(9)2)10-11(13(17)18)15-16-12(10)14/h4-6H,3H2,1-2H3,(H,17,18)(H3,14,15,16). The van der Waals surface area contributed by atoms with E-state index in [1.54, 1.807) is 12.1 Å². The molecule has 6 heteroatoms. The molecule has 1 aromatic heterocycles. The number of hydrogen-bond acceptors (Lipinski definition) is 4. The molecule has 0 aliphatic carbocycles. The van der Waals surface area contributed by atoms with Gasteiger partial charge in [-0.25, -0.2) is 4.79 Å². The molecule has 1 heterocycles. The first-order valence-electron chi connectivity index (χ1n) is 5.85. The molecule has 0 spiro atoms. The maximum atomic E-state index is 11.1. The van der Waals surface area contributed by atoms with E-state index in [9.17, 15) is 4.79 Å². The third-order valence-corrected chi connectivity index (χ3v) is 2.77. The number of nitrogens with one attached hydrogen (secondary N) is 1. The number of hydrogen-bond donors (Lipinski definition) is 3. The van der Waals surface area contributed by atoms with Crippen LogP contribution in [0.4, 0.5) is 5.82 Å². The van der Waals surface area contributed by atoms with Gasteiger partial charge in [-0.05, 0) is 37.1 Å². The van der Waals surface area contributed by atoms with E-state index < -0.39 is 5.97 Å². The van der Waals surface area contributed by atoms with E-state index in [0.717, 1.165) is 11.3 Å². The third-order valence-electron chi connectivity index (χ3n) is 2.77. The van der Waals surface area contributed by atoms with Crippen LogP contribution in [0.15, 0.2) is 18.2 Å². The topological polar surface area (TPSA) is 101 Å². The molecule has 0 aliphatic rings. The monoisotopic (exact) mass is 261 g/mol. The second-order valence-electron chi connectivity index (χ2n) is 4.08. The molecule has 6 nitrogen and oxygen atoms in total. The summed E-state index contributed by atoms with van der Waals surface area (Å²) >= 11 is 0. The van der Waals surface area contributed by atoms with Crippen molar-refractivity contribution in [3.63, 3.8) is 0 Å². The molecule has 0 aliphatic heterocycles. The Morgan fingerprint density at radius 3 is 2.84 bits per heavy atom. The Kier molecular flexibility index (Phi) is 3.41. The van der Waals surface area contributed by atoms with E-state index in [0.29, 0.717) is 17.7 Å². The van der Waals surface area contributed by atoms with Crippen molar-refractivity contribution >= 4 is 11.8 Å². The number of H-pyrrole nitrogens is 1. The fourth-order valence-electron chi connectivity index (χ4n) is 1.93. The Morgan fingerprint density at radius 1 is 1.53 bits per heavy atom. The summed E-state index contributed by atoms with van der Waals surface area (Å²) in [6, 6.07) is 5.40. The maximum Gasteiger partial charge on any atom is 0.354 e. The van der Waals surface area contributed by atoms with Gasteiger partial charge in [0.15, 0.2) is 11.5 Å². The highest BCUT2D eigenvalue weighted by molar-refractivity contribution is 5.97. The highest BCUT2D eigenvalue weighted by atomic mass is 16.5. The summed E-state index contributed by atoms with van der Waals surface area (Å²) in [5.41, 5.74) is 7.72. The summed E-state index contributed by atoms with van der Waals surface area (Å²) < 4.78 is 5.45. The van der Waals surface area contributed by atoms with Crippen molar-refractivity contribution < 1.29 is 14.6 Å². The number of aromatic amines is 1. The van der Waals surface area contributed by atoms with Gasteiger partial charge in [0.05, 0.1) is 12.2 Å². The summed E-state index contributed by atoms with van der Waals surface area (Å²) in [6.45, 7) is 4.38. The number of ether oxygens (including phenoxy) is 1. The lowest BCUT2D eigenvalue weighted by Crippen LogP contribution is -2.00. The van der Waals surface area contributed by atoms with Crippen molar-refractivity contribution in [3.05, 3.63) is 29.5 Å². The molecule has 19 heavy (non-hydrogen) atoms. The number of nitrogen functional groups attached to an aromatic ring is 1. The lowest BCUT2D eigenvalue weighted by Gasteiger charge is -2.09. The highest BCUT2D eigenvalue weighted by Crippen LogP contribution is 2.31. The van der Waals surface area contributed by atoms with Crippen LogP contribution in [0.2, 0.25) is 0 Å². The molecule has 0 saturated carbocycles. The molecule has 0 fully saturated rings. The van der Waals surface area contributed by atoms with Gasteiger partial charge in [0, 0.05) is 0 Å². The number of anilines is 1. The predicted octanol–water partition coefficient (Wildman–Crippen LogP) is 2.06. The molecule has 100 valence electrons. The Balaban J connectivity index is 2.51. The van der Waals surface area contributed by atoms with E-state index in [2.05, 4.69) is 10.2 Å². The fourth-order valence-corrected chi connectivity index (χ4v) is 1.93. The summed E-state index contributed by atoms with van der Waals surface area (Å²) in [5.74, 6) is -0.156. The van der Waals surface area contributed by atoms with Crippen molar-refractivity contribution in [1.82, 2.24) is 10.2 Å². The van der Waals surface area contributed by atoms with Crippen LogP contribution in [-0.4, -0.2) is 27.9 Å². The van der Waals surface area contributed by atoms with E-state index >= 15 is 0 Å². The van der Waals surface area contributed by atoms with Gasteiger partial charge in [-0.15, -0.1) is 0 Å².